The Balaban J connectivity index is 1.57. The summed E-state index contributed by atoms with van der Waals surface area (Å²) >= 11 is 0. The van der Waals surface area contributed by atoms with Crippen molar-refractivity contribution >= 4 is 11.5 Å². The Labute approximate surface area is 183 Å². The molecule has 3 N–H and O–H groups in total. The molecule has 0 spiro atoms. The van der Waals surface area contributed by atoms with Gasteiger partial charge < -0.3 is 20.5 Å². The minimum absolute atomic E-state index is 0.177. The first-order valence-electron chi connectivity index (χ1n) is 10.8. The zero-order valence-electron chi connectivity index (χ0n) is 17.8. The summed E-state index contributed by atoms with van der Waals surface area (Å²) in [7, 11) is 0. The van der Waals surface area contributed by atoms with Gasteiger partial charge in [-0.15, -0.1) is 0 Å². The second kappa shape index (κ2) is 10.0. The van der Waals surface area contributed by atoms with Crippen molar-refractivity contribution in [2.45, 2.75) is 32.0 Å². The third kappa shape index (κ3) is 5.18. The van der Waals surface area contributed by atoms with E-state index in [1.54, 1.807) is 0 Å². The van der Waals surface area contributed by atoms with E-state index >= 15 is 0 Å². The van der Waals surface area contributed by atoms with Crippen LogP contribution in [0, 0.1) is 0 Å². The number of anilines is 1. The number of ether oxygens (including phenoxy) is 2. The lowest BCUT2D eigenvalue weighted by molar-refractivity contribution is 0.208. The Morgan fingerprint density at radius 2 is 1.65 bits per heavy atom. The minimum atomic E-state index is -0.212. The van der Waals surface area contributed by atoms with Gasteiger partial charge in [0.15, 0.2) is 17.6 Å². The van der Waals surface area contributed by atoms with Crippen LogP contribution in [0.2, 0.25) is 0 Å². The molecule has 31 heavy (non-hydrogen) atoms. The van der Waals surface area contributed by atoms with Crippen molar-refractivity contribution in [1.29, 1.82) is 0 Å². The number of hydrogen-bond acceptors (Lipinski definition) is 5. The van der Waals surface area contributed by atoms with Crippen LogP contribution in [0.5, 0.6) is 11.5 Å². The topological polar surface area (TPSA) is 68.9 Å². The molecule has 0 fully saturated rings. The van der Waals surface area contributed by atoms with Gasteiger partial charge in [-0.3, -0.25) is 4.99 Å². The first-order chi connectivity index (χ1) is 15.2. The number of nitrogens with two attached hydrogens (primary N) is 1. The van der Waals surface area contributed by atoms with Crippen LogP contribution in [0.15, 0.2) is 83.9 Å². The van der Waals surface area contributed by atoms with Crippen molar-refractivity contribution in [2.75, 3.05) is 18.8 Å². The molecule has 3 aromatic carbocycles. The molecule has 2 unspecified atom stereocenters. The van der Waals surface area contributed by atoms with Gasteiger partial charge >= 0.3 is 0 Å². The van der Waals surface area contributed by atoms with E-state index in [-0.39, 0.29) is 12.0 Å². The molecule has 5 nitrogen and oxygen atoms in total. The number of benzene rings is 3. The maximum atomic E-state index is 6.61. The predicted molar refractivity (Wildman–Crippen MR) is 126 cm³/mol. The molecule has 0 bridgehead atoms. The Bertz CT molecular complexity index is 1000. The average molecular weight is 416 g/mol. The number of nitrogens with one attached hydrogen (secondary N) is 1. The molecular formula is C26H29N3O2. The molecule has 2 atom stereocenters. The van der Waals surface area contributed by atoms with E-state index in [2.05, 4.69) is 41.5 Å². The molecule has 4 rings (SSSR count). The van der Waals surface area contributed by atoms with Gasteiger partial charge in [0.05, 0.1) is 6.54 Å². The molecule has 3 aromatic rings. The normalized spacial score (nSPS) is 14.9. The van der Waals surface area contributed by atoms with E-state index < -0.39 is 0 Å². The molecule has 160 valence electrons. The maximum Gasteiger partial charge on any atom is 0.162 e. The average Bonchev–Trinajstić information content (AvgIpc) is 3.35. The van der Waals surface area contributed by atoms with Gasteiger partial charge in [-0.05, 0) is 41.8 Å². The van der Waals surface area contributed by atoms with E-state index in [1.807, 2.05) is 54.6 Å². The quantitative estimate of drug-likeness (QED) is 0.493. The monoisotopic (exact) mass is 415 g/mol. The first kappa shape index (κ1) is 20.8. The summed E-state index contributed by atoms with van der Waals surface area (Å²) in [5.41, 5.74) is 8.82. The standard InChI is InChI=1S/C26H29N3O2/c1-2-22(20-8-4-3-5-9-20)25(26-28-16-17-29-26)31-24-11-7-6-10-23(24)30-18-19-12-14-21(27)15-13-19/h3-15,22,25H,2,16-18,27H2,1H3,(H,28,29). The number of nitrogens with zero attached hydrogens (tertiary/aromatic N) is 1. The van der Waals surface area contributed by atoms with Crippen LogP contribution in [0.4, 0.5) is 5.69 Å². The summed E-state index contributed by atoms with van der Waals surface area (Å²) in [4.78, 5) is 4.69. The number of amidine groups is 1. The fourth-order valence-corrected chi connectivity index (χ4v) is 3.84. The Morgan fingerprint density at radius 1 is 0.935 bits per heavy atom. The van der Waals surface area contributed by atoms with E-state index in [1.165, 1.54) is 5.56 Å². The van der Waals surface area contributed by atoms with Gasteiger partial charge in [0.2, 0.25) is 0 Å². The van der Waals surface area contributed by atoms with Gasteiger partial charge in [0.1, 0.15) is 12.4 Å². The third-order valence-corrected chi connectivity index (χ3v) is 5.48. The van der Waals surface area contributed by atoms with Crippen LogP contribution in [0.25, 0.3) is 0 Å². The summed E-state index contributed by atoms with van der Waals surface area (Å²) < 4.78 is 12.7. The molecule has 0 aliphatic carbocycles. The summed E-state index contributed by atoms with van der Waals surface area (Å²) in [6.45, 7) is 4.25. The van der Waals surface area contributed by atoms with Gasteiger partial charge in [0, 0.05) is 18.2 Å². The summed E-state index contributed by atoms with van der Waals surface area (Å²) in [6, 6.07) is 26.0. The summed E-state index contributed by atoms with van der Waals surface area (Å²) in [5, 5.41) is 3.42. The second-order valence-corrected chi connectivity index (χ2v) is 7.63. The van der Waals surface area contributed by atoms with E-state index in [0.717, 1.165) is 36.6 Å². The molecule has 1 aliphatic rings. The molecule has 0 amide bonds. The Hall–Kier alpha value is -3.47. The van der Waals surface area contributed by atoms with E-state index in [0.29, 0.717) is 18.1 Å². The lowest BCUT2D eigenvalue weighted by atomic mass is 9.90. The van der Waals surface area contributed by atoms with Gasteiger partial charge in [-0.25, -0.2) is 0 Å². The molecule has 0 saturated heterocycles. The highest BCUT2D eigenvalue weighted by Gasteiger charge is 2.30. The van der Waals surface area contributed by atoms with Gasteiger partial charge in [-0.1, -0.05) is 61.5 Å². The highest BCUT2D eigenvalue weighted by atomic mass is 16.5. The number of para-hydroxylation sites is 2. The number of hydrogen-bond donors (Lipinski definition) is 2. The molecule has 5 heteroatoms. The van der Waals surface area contributed by atoms with Crippen molar-refractivity contribution < 1.29 is 9.47 Å². The van der Waals surface area contributed by atoms with Crippen LogP contribution < -0.4 is 20.5 Å². The Kier molecular flexibility index (Phi) is 6.72. The Morgan fingerprint density at radius 3 is 2.32 bits per heavy atom. The maximum absolute atomic E-state index is 6.61. The van der Waals surface area contributed by atoms with Crippen LogP contribution in [-0.2, 0) is 6.61 Å². The third-order valence-electron chi connectivity index (χ3n) is 5.48. The van der Waals surface area contributed by atoms with Crippen LogP contribution >= 0.6 is 0 Å². The van der Waals surface area contributed by atoms with Crippen molar-refractivity contribution in [3.8, 4) is 11.5 Å². The summed E-state index contributed by atoms with van der Waals surface area (Å²) in [5.74, 6) is 2.51. The van der Waals surface area contributed by atoms with Crippen molar-refractivity contribution in [2.24, 2.45) is 4.99 Å². The van der Waals surface area contributed by atoms with Crippen molar-refractivity contribution in [1.82, 2.24) is 5.32 Å². The SMILES string of the molecule is CCC(c1ccccc1)C(Oc1ccccc1OCc1ccc(N)cc1)C1=NCCN1. The molecule has 0 aromatic heterocycles. The number of rotatable bonds is 9. The predicted octanol–water partition coefficient (Wildman–Crippen LogP) is 4.79. The highest BCUT2D eigenvalue weighted by molar-refractivity contribution is 5.89. The lowest BCUT2D eigenvalue weighted by Crippen LogP contribution is -2.40. The molecule has 0 saturated carbocycles. The van der Waals surface area contributed by atoms with Crippen molar-refractivity contribution in [3.05, 3.63) is 90.0 Å². The molecular weight excluding hydrogens is 386 g/mol. The van der Waals surface area contributed by atoms with Crippen LogP contribution in [-0.4, -0.2) is 25.0 Å². The molecule has 0 radical (unpaired) electrons. The fourth-order valence-electron chi connectivity index (χ4n) is 3.84. The zero-order valence-corrected chi connectivity index (χ0v) is 17.8. The highest BCUT2D eigenvalue weighted by Crippen LogP contribution is 2.33. The minimum Gasteiger partial charge on any atom is -0.485 e. The molecule has 1 aliphatic heterocycles. The van der Waals surface area contributed by atoms with Crippen LogP contribution in [0.3, 0.4) is 0 Å². The largest absolute Gasteiger partial charge is 0.485 e. The lowest BCUT2D eigenvalue weighted by Gasteiger charge is -2.28. The fraction of sp³-hybridized carbons (Fsp3) is 0.269. The van der Waals surface area contributed by atoms with Gasteiger partial charge in [0.25, 0.3) is 0 Å². The smallest absolute Gasteiger partial charge is 0.162 e. The van der Waals surface area contributed by atoms with Gasteiger partial charge in [-0.2, -0.15) is 0 Å². The zero-order chi connectivity index (χ0) is 21.5. The summed E-state index contributed by atoms with van der Waals surface area (Å²) in [6.07, 6.45) is 0.722. The van der Waals surface area contributed by atoms with Crippen LogP contribution in [0.1, 0.15) is 30.4 Å². The van der Waals surface area contributed by atoms with E-state index in [4.69, 9.17) is 15.2 Å². The number of aliphatic imine (C=N–C) groups is 1. The second-order valence-electron chi connectivity index (χ2n) is 7.63. The molecule has 1 heterocycles. The van der Waals surface area contributed by atoms with Crippen molar-refractivity contribution in [3.63, 3.8) is 0 Å². The van der Waals surface area contributed by atoms with E-state index in [9.17, 15) is 0 Å². The number of nitrogen functional groups attached to an aromatic ring is 1. The first-order valence-corrected chi connectivity index (χ1v) is 10.8.